The van der Waals surface area contributed by atoms with Crippen molar-refractivity contribution < 1.29 is 4.79 Å². The van der Waals surface area contributed by atoms with Crippen molar-refractivity contribution in [3.8, 4) is 0 Å². The molecule has 1 aliphatic heterocycles. The summed E-state index contributed by atoms with van der Waals surface area (Å²) in [5.41, 5.74) is 4.10. The number of rotatable bonds is 2. The minimum absolute atomic E-state index is 0.0510. The summed E-state index contributed by atoms with van der Waals surface area (Å²) in [6.45, 7) is 4.03. The van der Waals surface area contributed by atoms with E-state index in [1.54, 1.807) is 4.90 Å². The lowest BCUT2D eigenvalue weighted by Crippen LogP contribution is -2.28. The second-order valence-corrected chi connectivity index (χ2v) is 6.89. The minimum atomic E-state index is -0.0510. The Balaban J connectivity index is 1.95. The topological polar surface area (TPSA) is 20.3 Å². The van der Waals surface area contributed by atoms with Gasteiger partial charge in [0, 0.05) is 0 Å². The number of thiocarbonyl (C=S) groups is 1. The average Bonchev–Trinajstić information content (AvgIpc) is 2.77. The second kappa shape index (κ2) is 6.07. The monoisotopic (exact) mass is 325 g/mol. The molecule has 110 valence electrons. The number of carbonyl (C=O) groups is 1. The van der Waals surface area contributed by atoms with E-state index in [-0.39, 0.29) is 5.91 Å². The summed E-state index contributed by atoms with van der Waals surface area (Å²) in [5.74, 6) is -0.0510. The van der Waals surface area contributed by atoms with Gasteiger partial charge in [0.1, 0.15) is 0 Å². The van der Waals surface area contributed by atoms with Crippen LogP contribution in [0.4, 0.5) is 5.69 Å². The Labute approximate surface area is 139 Å². The van der Waals surface area contributed by atoms with E-state index in [1.807, 2.05) is 68.5 Å². The number of nitrogens with zero attached hydrogens (tertiary/aromatic N) is 1. The van der Waals surface area contributed by atoms with Crippen LogP contribution in [-0.4, -0.2) is 10.2 Å². The van der Waals surface area contributed by atoms with Gasteiger partial charge in [-0.15, -0.1) is 0 Å². The molecule has 0 bridgehead atoms. The molecule has 3 rings (SSSR count). The molecule has 0 spiro atoms. The third kappa shape index (κ3) is 2.85. The first-order chi connectivity index (χ1) is 10.6. The van der Waals surface area contributed by atoms with Crippen LogP contribution in [0.15, 0.2) is 53.4 Å². The Morgan fingerprint density at radius 2 is 1.73 bits per heavy atom. The number of carbonyl (C=O) groups excluding carboxylic acids is 1. The van der Waals surface area contributed by atoms with Crippen LogP contribution in [0, 0.1) is 13.8 Å². The third-order valence-electron chi connectivity index (χ3n) is 3.53. The fourth-order valence-electron chi connectivity index (χ4n) is 2.30. The maximum atomic E-state index is 12.7. The summed E-state index contributed by atoms with van der Waals surface area (Å²) in [4.78, 5) is 15.0. The molecule has 22 heavy (non-hydrogen) atoms. The molecule has 2 nitrogen and oxygen atoms in total. The summed E-state index contributed by atoms with van der Waals surface area (Å²) in [6.07, 6.45) is 1.90. The molecule has 4 heteroatoms. The summed E-state index contributed by atoms with van der Waals surface area (Å²) >= 11 is 6.75. The Morgan fingerprint density at radius 1 is 1.05 bits per heavy atom. The molecule has 2 aromatic rings. The molecule has 0 saturated carbocycles. The molecule has 1 aliphatic rings. The maximum Gasteiger partial charge on any atom is 0.270 e. The number of anilines is 1. The van der Waals surface area contributed by atoms with Gasteiger partial charge in [-0.3, -0.25) is 9.69 Å². The van der Waals surface area contributed by atoms with Gasteiger partial charge < -0.3 is 0 Å². The largest absolute Gasteiger partial charge is 0.270 e. The lowest BCUT2D eigenvalue weighted by atomic mass is 10.1. The molecule has 1 amide bonds. The Hall–Kier alpha value is -1.91. The predicted octanol–water partition coefficient (Wildman–Crippen LogP) is 4.71. The van der Waals surface area contributed by atoms with Crippen molar-refractivity contribution in [2.45, 2.75) is 13.8 Å². The van der Waals surface area contributed by atoms with Crippen molar-refractivity contribution in [1.29, 1.82) is 0 Å². The maximum absolute atomic E-state index is 12.7. The zero-order valence-electron chi connectivity index (χ0n) is 12.4. The van der Waals surface area contributed by atoms with Crippen LogP contribution in [0.2, 0.25) is 0 Å². The molecule has 0 unspecified atom stereocenters. The van der Waals surface area contributed by atoms with Gasteiger partial charge >= 0.3 is 0 Å². The zero-order valence-corrected chi connectivity index (χ0v) is 14.0. The molecule has 0 atom stereocenters. The molecular weight excluding hydrogens is 310 g/mol. The normalized spacial score (nSPS) is 16.6. The van der Waals surface area contributed by atoms with Gasteiger partial charge in [-0.2, -0.15) is 0 Å². The average molecular weight is 325 g/mol. The van der Waals surface area contributed by atoms with E-state index >= 15 is 0 Å². The highest BCUT2D eigenvalue weighted by Crippen LogP contribution is 2.37. The van der Waals surface area contributed by atoms with Crippen LogP contribution in [0.5, 0.6) is 0 Å². The van der Waals surface area contributed by atoms with E-state index in [1.165, 1.54) is 17.3 Å². The van der Waals surface area contributed by atoms with Gasteiger partial charge in [0.2, 0.25) is 0 Å². The van der Waals surface area contributed by atoms with E-state index in [9.17, 15) is 4.79 Å². The van der Waals surface area contributed by atoms with Crippen molar-refractivity contribution >= 4 is 46.0 Å². The summed E-state index contributed by atoms with van der Waals surface area (Å²) in [5, 5.41) is 0. The zero-order chi connectivity index (χ0) is 15.7. The van der Waals surface area contributed by atoms with Crippen molar-refractivity contribution in [1.82, 2.24) is 0 Å². The number of hydrogen-bond donors (Lipinski definition) is 0. The van der Waals surface area contributed by atoms with Crippen molar-refractivity contribution in [3.63, 3.8) is 0 Å². The predicted molar refractivity (Wildman–Crippen MR) is 98.0 cm³/mol. The van der Waals surface area contributed by atoms with E-state index < -0.39 is 0 Å². The molecule has 0 radical (unpaired) electrons. The number of para-hydroxylation sites is 1. The first-order valence-corrected chi connectivity index (χ1v) is 8.19. The molecule has 1 saturated heterocycles. The van der Waals surface area contributed by atoms with Gasteiger partial charge in [0.15, 0.2) is 4.32 Å². The van der Waals surface area contributed by atoms with Crippen LogP contribution < -0.4 is 4.90 Å². The Kier molecular flexibility index (Phi) is 4.14. The highest BCUT2D eigenvalue weighted by atomic mass is 32.2. The number of thioether (sulfide) groups is 1. The summed E-state index contributed by atoms with van der Waals surface area (Å²) in [6, 6.07) is 15.9. The van der Waals surface area contributed by atoms with Crippen LogP contribution >= 0.6 is 24.0 Å². The van der Waals surface area contributed by atoms with Gasteiger partial charge in [-0.1, -0.05) is 72.0 Å². The minimum Gasteiger partial charge on any atom is -0.268 e. The lowest BCUT2D eigenvalue weighted by molar-refractivity contribution is -0.113. The fraction of sp³-hybridized carbons (Fsp3) is 0.111. The molecule has 1 heterocycles. The van der Waals surface area contributed by atoms with Crippen LogP contribution in [0.3, 0.4) is 0 Å². The third-order valence-corrected chi connectivity index (χ3v) is 4.83. The molecule has 0 aromatic heterocycles. The Bertz CT molecular complexity index is 778. The van der Waals surface area contributed by atoms with E-state index in [2.05, 4.69) is 0 Å². The van der Waals surface area contributed by atoms with E-state index in [0.29, 0.717) is 9.23 Å². The van der Waals surface area contributed by atoms with Gasteiger partial charge in [-0.05, 0) is 37.1 Å². The SMILES string of the molecule is Cc1ccc(/C=C2\SC(=S)N(c3ccccc3C)C2=O)cc1. The van der Waals surface area contributed by atoms with Crippen molar-refractivity contribution in [3.05, 3.63) is 70.1 Å². The first-order valence-electron chi connectivity index (χ1n) is 6.96. The number of aryl methyl sites for hydroxylation is 2. The smallest absolute Gasteiger partial charge is 0.268 e. The summed E-state index contributed by atoms with van der Waals surface area (Å²) in [7, 11) is 0. The quantitative estimate of drug-likeness (QED) is 0.589. The highest BCUT2D eigenvalue weighted by Gasteiger charge is 2.33. The standard InChI is InChI=1S/C18H15NOS2/c1-12-7-9-14(10-8-12)11-16-17(20)19(18(21)22-16)15-6-4-3-5-13(15)2/h3-11H,1-2H3/b16-11-. The van der Waals surface area contributed by atoms with Gasteiger partial charge in [-0.25, -0.2) is 0 Å². The molecule has 1 fully saturated rings. The van der Waals surface area contributed by atoms with E-state index in [4.69, 9.17) is 12.2 Å². The molecule has 2 aromatic carbocycles. The van der Waals surface area contributed by atoms with Crippen LogP contribution in [-0.2, 0) is 4.79 Å². The Morgan fingerprint density at radius 3 is 2.41 bits per heavy atom. The number of amides is 1. The van der Waals surface area contributed by atoms with Crippen LogP contribution in [0.25, 0.3) is 6.08 Å². The van der Waals surface area contributed by atoms with Crippen molar-refractivity contribution in [2.75, 3.05) is 4.90 Å². The fourth-order valence-corrected chi connectivity index (χ4v) is 3.59. The molecular formula is C18H15NOS2. The molecule has 0 N–H and O–H groups in total. The van der Waals surface area contributed by atoms with E-state index in [0.717, 1.165) is 16.8 Å². The number of benzene rings is 2. The summed E-state index contributed by atoms with van der Waals surface area (Å²) < 4.78 is 0.581. The first kappa shape index (κ1) is 15.0. The highest BCUT2D eigenvalue weighted by molar-refractivity contribution is 8.27. The number of hydrogen-bond acceptors (Lipinski definition) is 3. The second-order valence-electron chi connectivity index (χ2n) is 5.21. The van der Waals surface area contributed by atoms with Crippen molar-refractivity contribution in [2.24, 2.45) is 0 Å². The van der Waals surface area contributed by atoms with Gasteiger partial charge in [0.05, 0.1) is 10.6 Å². The lowest BCUT2D eigenvalue weighted by Gasteiger charge is -2.16. The van der Waals surface area contributed by atoms with Gasteiger partial charge in [0.25, 0.3) is 5.91 Å². The van der Waals surface area contributed by atoms with Crippen LogP contribution in [0.1, 0.15) is 16.7 Å². The molecule has 0 aliphatic carbocycles.